The Morgan fingerprint density at radius 1 is 1.60 bits per heavy atom. The molecule has 0 aromatic rings. The first-order chi connectivity index (χ1) is 2.00. The van der Waals surface area contributed by atoms with Gasteiger partial charge in [0, 0.05) is 17.1 Å². The van der Waals surface area contributed by atoms with E-state index in [0.717, 1.165) is 0 Å². The molecule has 1 aliphatic heterocycles. The van der Waals surface area contributed by atoms with Gasteiger partial charge in [-0.15, -0.1) is 8.20 Å². The van der Waals surface area contributed by atoms with Crippen LogP contribution in [0.25, 0.3) is 0 Å². The van der Waals surface area contributed by atoms with Gasteiger partial charge in [-0.05, 0) is 12.6 Å². The number of hydrogen-bond donors (Lipinski definition) is 0. The Kier molecular flexibility index (Phi) is 3.30. The molecule has 0 saturated heterocycles. The predicted molar refractivity (Wildman–Crippen MR) is 22.5 cm³/mol. The van der Waals surface area contributed by atoms with E-state index in [9.17, 15) is 0 Å². The van der Waals surface area contributed by atoms with Crippen LogP contribution in [-0.4, -0.2) is 12.0 Å². The molecular formula is C3H5FeP. The van der Waals surface area contributed by atoms with Crippen molar-refractivity contribution in [2.45, 2.75) is 6.42 Å². The van der Waals surface area contributed by atoms with E-state index in [4.69, 9.17) is 0 Å². The van der Waals surface area contributed by atoms with Gasteiger partial charge >= 0.3 is 0 Å². The maximum absolute atomic E-state index is 2.28. The molecule has 0 aromatic carbocycles. The Hall–Kier alpha value is 0.689. The zero-order chi connectivity index (χ0) is 2.83. The third-order valence-corrected chi connectivity index (χ3v) is 1.55. The first kappa shape index (κ1) is 5.69. The van der Waals surface area contributed by atoms with E-state index < -0.39 is 0 Å². The Morgan fingerprint density at radius 2 is 1.80 bits per heavy atom. The average Bonchev–Trinajstić information content (AvgIpc) is 0.722. The second-order valence-electron chi connectivity index (χ2n) is 0.877. The fourth-order valence-electron chi connectivity index (χ4n) is 0.129. The standard InChI is InChI=1S/C3H5P.Fe/c1-2-4-3-1;/h2H,1,3H2;. The Morgan fingerprint density at radius 3 is 1.80 bits per heavy atom. The molecule has 0 N–H and O–H groups in total. The van der Waals surface area contributed by atoms with Crippen LogP contribution in [0.1, 0.15) is 6.42 Å². The molecule has 0 amide bonds. The molecule has 0 nitrogen and oxygen atoms in total. The van der Waals surface area contributed by atoms with Crippen LogP contribution in [0.4, 0.5) is 0 Å². The molecule has 30 valence electrons. The molecular weight excluding hydrogens is 123 g/mol. The van der Waals surface area contributed by atoms with Crippen LogP contribution in [0.2, 0.25) is 0 Å². The van der Waals surface area contributed by atoms with Gasteiger partial charge in [0.2, 0.25) is 0 Å². The molecule has 0 fully saturated rings. The second-order valence-corrected chi connectivity index (χ2v) is 2.05. The Labute approximate surface area is 44.2 Å². The fourth-order valence-corrected chi connectivity index (χ4v) is 0.387. The van der Waals surface area contributed by atoms with Crippen molar-refractivity contribution in [1.82, 2.24) is 0 Å². The van der Waals surface area contributed by atoms with Gasteiger partial charge in [0.25, 0.3) is 0 Å². The van der Waals surface area contributed by atoms with E-state index >= 15 is 0 Å². The molecule has 0 spiro atoms. The van der Waals surface area contributed by atoms with E-state index in [-0.39, 0.29) is 17.1 Å². The molecule has 0 aliphatic carbocycles. The third-order valence-electron chi connectivity index (χ3n) is 0.516. The minimum atomic E-state index is 0. The van der Waals surface area contributed by atoms with Gasteiger partial charge in [-0.1, -0.05) is 5.80 Å². The van der Waals surface area contributed by atoms with E-state index in [1.165, 1.54) is 12.6 Å². The van der Waals surface area contributed by atoms with Crippen LogP contribution in [0, 0.1) is 0 Å². The summed E-state index contributed by atoms with van der Waals surface area (Å²) in [7, 11) is 1.55. The molecule has 0 unspecified atom stereocenters. The average molecular weight is 128 g/mol. The van der Waals surface area contributed by atoms with Crippen LogP contribution < -0.4 is 0 Å². The Balaban J connectivity index is 0.000000160. The van der Waals surface area contributed by atoms with E-state index in [1.54, 1.807) is 8.20 Å². The SMILES string of the molecule is C1=PCC1.[Fe]. The van der Waals surface area contributed by atoms with Gasteiger partial charge in [0.1, 0.15) is 0 Å². The van der Waals surface area contributed by atoms with Crippen molar-refractivity contribution in [3.8, 4) is 0 Å². The van der Waals surface area contributed by atoms with Crippen molar-refractivity contribution >= 4 is 14.0 Å². The topological polar surface area (TPSA) is 0 Å². The summed E-state index contributed by atoms with van der Waals surface area (Å²) < 4.78 is 0. The van der Waals surface area contributed by atoms with Gasteiger partial charge < -0.3 is 0 Å². The molecule has 2 heteroatoms. The smallest absolute Gasteiger partial charge is 0 e. The molecule has 1 rings (SSSR count). The monoisotopic (exact) mass is 128 g/mol. The van der Waals surface area contributed by atoms with Crippen LogP contribution in [-0.2, 0) is 17.1 Å². The quantitative estimate of drug-likeness (QED) is 0.339. The normalized spacial score (nSPS) is 19.2. The molecule has 0 bridgehead atoms. The molecule has 0 saturated carbocycles. The fraction of sp³-hybridized carbons (Fsp3) is 0.667. The van der Waals surface area contributed by atoms with Crippen LogP contribution >= 0.6 is 8.20 Å². The zero-order valence-electron chi connectivity index (χ0n) is 2.79. The van der Waals surface area contributed by atoms with Crippen molar-refractivity contribution < 1.29 is 17.1 Å². The van der Waals surface area contributed by atoms with Crippen LogP contribution in [0.15, 0.2) is 0 Å². The first-order valence-electron chi connectivity index (χ1n) is 1.48. The van der Waals surface area contributed by atoms with Crippen molar-refractivity contribution in [2.75, 3.05) is 6.16 Å². The van der Waals surface area contributed by atoms with Crippen LogP contribution in [0.3, 0.4) is 0 Å². The van der Waals surface area contributed by atoms with Crippen LogP contribution in [0.5, 0.6) is 0 Å². The zero-order valence-corrected chi connectivity index (χ0v) is 4.79. The van der Waals surface area contributed by atoms with Crippen molar-refractivity contribution in [1.29, 1.82) is 0 Å². The summed E-state index contributed by atoms with van der Waals surface area (Å²) in [6.45, 7) is 0. The van der Waals surface area contributed by atoms with Crippen molar-refractivity contribution in [3.63, 3.8) is 0 Å². The molecule has 1 heterocycles. The summed E-state index contributed by atoms with van der Waals surface area (Å²) in [5.41, 5.74) is 0. The number of rotatable bonds is 0. The molecule has 1 aliphatic rings. The largest absolute Gasteiger partial charge is 0.109 e. The summed E-state index contributed by atoms with van der Waals surface area (Å²) in [6, 6.07) is 0. The molecule has 0 aromatic heterocycles. The van der Waals surface area contributed by atoms with Gasteiger partial charge in [-0.3, -0.25) is 0 Å². The summed E-state index contributed by atoms with van der Waals surface area (Å²) in [6.07, 6.45) is 2.78. The van der Waals surface area contributed by atoms with Gasteiger partial charge in [-0.2, -0.15) is 0 Å². The second kappa shape index (κ2) is 2.90. The summed E-state index contributed by atoms with van der Waals surface area (Å²) in [5, 5.41) is 0. The van der Waals surface area contributed by atoms with Gasteiger partial charge in [0.15, 0.2) is 0 Å². The summed E-state index contributed by atoms with van der Waals surface area (Å²) >= 11 is 0. The minimum absolute atomic E-state index is 0. The number of hydrogen-bond acceptors (Lipinski definition) is 0. The first-order valence-corrected chi connectivity index (χ1v) is 2.63. The third kappa shape index (κ3) is 1.54. The molecule has 5 heavy (non-hydrogen) atoms. The summed E-state index contributed by atoms with van der Waals surface area (Å²) in [5.74, 6) is 2.28. The Bertz CT molecular complexity index is 36.2. The van der Waals surface area contributed by atoms with Gasteiger partial charge in [0.05, 0.1) is 0 Å². The maximum atomic E-state index is 2.28. The molecule has 0 radical (unpaired) electrons. The maximum Gasteiger partial charge on any atom is 0 e. The van der Waals surface area contributed by atoms with Gasteiger partial charge in [-0.25, -0.2) is 0 Å². The van der Waals surface area contributed by atoms with E-state index in [0.29, 0.717) is 0 Å². The van der Waals surface area contributed by atoms with E-state index in [2.05, 4.69) is 5.80 Å². The summed E-state index contributed by atoms with van der Waals surface area (Å²) in [4.78, 5) is 0. The molecule has 0 atom stereocenters. The van der Waals surface area contributed by atoms with E-state index in [1.807, 2.05) is 0 Å². The predicted octanol–water partition coefficient (Wildman–Crippen LogP) is 1.14. The van der Waals surface area contributed by atoms with Crippen molar-refractivity contribution in [2.24, 2.45) is 0 Å². The van der Waals surface area contributed by atoms with Crippen molar-refractivity contribution in [3.05, 3.63) is 0 Å². The minimum Gasteiger partial charge on any atom is -0.109 e.